The Morgan fingerprint density at radius 1 is 1.53 bits per heavy atom. The summed E-state index contributed by atoms with van der Waals surface area (Å²) in [4.78, 5) is 8.33. The second kappa shape index (κ2) is 4.49. The van der Waals surface area contributed by atoms with E-state index < -0.39 is 0 Å². The molecular formula is C11H19N3S. The quantitative estimate of drug-likeness (QED) is 0.832. The summed E-state index contributed by atoms with van der Waals surface area (Å²) in [5.74, 6) is 0. The highest BCUT2D eigenvalue weighted by molar-refractivity contribution is 7.15. The summed E-state index contributed by atoms with van der Waals surface area (Å²) in [5.41, 5.74) is 1.18. The van der Waals surface area contributed by atoms with Gasteiger partial charge in [0.25, 0.3) is 0 Å². The first kappa shape index (κ1) is 10.9. The van der Waals surface area contributed by atoms with Crippen LogP contribution in [0.25, 0.3) is 0 Å². The fraction of sp³-hybridized carbons (Fsp3) is 0.727. The van der Waals surface area contributed by atoms with Gasteiger partial charge in [-0.2, -0.15) is 0 Å². The van der Waals surface area contributed by atoms with Crippen LogP contribution in [0.5, 0.6) is 0 Å². The zero-order valence-electron chi connectivity index (χ0n) is 9.71. The SMILES string of the molecule is CCNCc1sc(N(C)C2CC2)nc1C. The molecule has 1 aromatic heterocycles. The van der Waals surface area contributed by atoms with E-state index in [1.807, 2.05) is 11.3 Å². The third kappa shape index (κ3) is 2.49. The number of thiazole rings is 1. The Balaban J connectivity index is 2.05. The largest absolute Gasteiger partial charge is 0.348 e. The van der Waals surface area contributed by atoms with Crippen molar-refractivity contribution in [2.24, 2.45) is 0 Å². The number of aromatic nitrogens is 1. The van der Waals surface area contributed by atoms with E-state index in [2.05, 4.69) is 36.1 Å². The van der Waals surface area contributed by atoms with Crippen LogP contribution in [0.3, 0.4) is 0 Å². The topological polar surface area (TPSA) is 28.2 Å². The van der Waals surface area contributed by atoms with Crippen molar-refractivity contribution in [3.63, 3.8) is 0 Å². The summed E-state index contributed by atoms with van der Waals surface area (Å²) >= 11 is 1.83. The molecule has 1 aliphatic rings. The fourth-order valence-electron chi connectivity index (χ4n) is 1.58. The average molecular weight is 225 g/mol. The van der Waals surface area contributed by atoms with Crippen LogP contribution < -0.4 is 10.2 Å². The number of nitrogens with one attached hydrogen (secondary N) is 1. The van der Waals surface area contributed by atoms with Crippen molar-refractivity contribution in [2.75, 3.05) is 18.5 Å². The van der Waals surface area contributed by atoms with Crippen molar-refractivity contribution in [1.29, 1.82) is 0 Å². The van der Waals surface area contributed by atoms with E-state index in [9.17, 15) is 0 Å². The third-order valence-electron chi connectivity index (χ3n) is 2.81. The maximum Gasteiger partial charge on any atom is 0.185 e. The van der Waals surface area contributed by atoms with Gasteiger partial charge in [0.15, 0.2) is 5.13 Å². The molecule has 1 aliphatic carbocycles. The third-order valence-corrected chi connectivity index (χ3v) is 4.06. The second-order valence-corrected chi connectivity index (χ2v) is 5.19. The Kier molecular flexibility index (Phi) is 3.26. The highest BCUT2D eigenvalue weighted by Crippen LogP contribution is 2.33. The van der Waals surface area contributed by atoms with Gasteiger partial charge in [-0.15, -0.1) is 11.3 Å². The van der Waals surface area contributed by atoms with Crippen molar-refractivity contribution < 1.29 is 0 Å². The standard InChI is InChI=1S/C11H19N3S/c1-4-12-7-10-8(2)13-11(15-10)14(3)9-5-6-9/h9,12H,4-7H2,1-3H3. The Morgan fingerprint density at radius 2 is 2.27 bits per heavy atom. The van der Waals surface area contributed by atoms with Gasteiger partial charge < -0.3 is 10.2 Å². The molecule has 0 spiro atoms. The fourth-order valence-corrected chi connectivity index (χ4v) is 2.65. The zero-order valence-corrected chi connectivity index (χ0v) is 10.5. The smallest absolute Gasteiger partial charge is 0.185 e. The number of hydrogen-bond acceptors (Lipinski definition) is 4. The van der Waals surface area contributed by atoms with Crippen LogP contribution in [-0.4, -0.2) is 24.6 Å². The van der Waals surface area contributed by atoms with Gasteiger partial charge in [0.05, 0.1) is 5.69 Å². The molecule has 0 bridgehead atoms. The van der Waals surface area contributed by atoms with E-state index in [-0.39, 0.29) is 0 Å². The molecule has 0 radical (unpaired) electrons. The zero-order chi connectivity index (χ0) is 10.8. The average Bonchev–Trinajstić information content (AvgIpc) is 3.00. The Bertz CT molecular complexity index is 331. The van der Waals surface area contributed by atoms with Gasteiger partial charge in [-0.1, -0.05) is 6.92 Å². The Morgan fingerprint density at radius 3 is 2.87 bits per heavy atom. The minimum atomic E-state index is 0.752. The Hall–Kier alpha value is -0.610. The van der Waals surface area contributed by atoms with Crippen LogP contribution in [0.2, 0.25) is 0 Å². The summed E-state index contributed by atoms with van der Waals surface area (Å²) in [6.45, 7) is 6.21. The highest BCUT2D eigenvalue weighted by Gasteiger charge is 2.28. The number of rotatable bonds is 5. The van der Waals surface area contributed by atoms with Gasteiger partial charge in [-0.25, -0.2) is 4.98 Å². The van der Waals surface area contributed by atoms with E-state index in [1.54, 1.807) is 0 Å². The summed E-state index contributed by atoms with van der Waals surface area (Å²) in [6.07, 6.45) is 2.66. The van der Waals surface area contributed by atoms with Crippen molar-refractivity contribution in [3.8, 4) is 0 Å². The molecule has 1 saturated carbocycles. The van der Waals surface area contributed by atoms with Gasteiger partial charge in [0, 0.05) is 24.5 Å². The molecule has 0 saturated heterocycles. The van der Waals surface area contributed by atoms with E-state index >= 15 is 0 Å². The number of anilines is 1. The molecule has 2 rings (SSSR count). The predicted octanol–water partition coefficient (Wildman–Crippen LogP) is 2.16. The molecule has 1 heterocycles. The molecular weight excluding hydrogens is 206 g/mol. The molecule has 0 aliphatic heterocycles. The van der Waals surface area contributed by atoms with Crippen molar-refractivity contribution in [1.82, 2.24) is 10.3 Å². The molecule has 1 aromatic rings. The van der Waals surface area contributed by atoms with Gasteiger partial charge in [0.1, 0.15) is 0 Å². The van der Waals surface area contributed by atoms with Crippen LogP contribution in [0.4, 0.5) is 5.13 Å². The van der Waals surface area contributed by atoms with E-state index in [1.165, 1.54) is 28.5 Å². The molecule has 0 atom stereocenters. The first-order valence-electron chi connectivity index (χ1n) is 5.62. The molecule has 15 heavy (non-hydrogen) atoms. The molecule has 1 N–H and O–H groups in total. The predicted molar refractivity (Wildman–Crippen MR) is 65.7 cm³/mol. The van der Waals surface area contributed by atoms with Gasteiger partial charge in [-0.3, -0.25) is 0 Å². The molecule has 84 valence electrons. The summed E-state index contributed by atoms with van der Waals surface area (Å²) in [7, 11) is 2.16. The number of aryl methyl sites for hydroxylation is 1. The monoisotopic (exact) mass is 225 g/mol. The van der Waals surface area contributed by atoms with Crippen LogP contribution in [0.1, 0.15) is 30.3 Å². The minimum absolute atomic E-state index is 0.752. The van der Waals surface area contributed by atoms with E-state index in [0.29, 0.717) is 0 Å². The van der Waals surface area contributed by atoms with Crippen molar-refractivity contribution >= 4 is 16.5 Å². The summed E-state index contributed by atoms with van der Waals surface area (Å²) in [5, 5.41) is 4.54. The lowest BCUT2D eigenvalue weighted by atomic mass is 10.4. The van der Waals surface area contributed by atoms with Crippen LogP contribution in [0.15, 0.2) is 0 Å². The first-order valence-corrected chi connectivity index (χ1v) is 6.44. The Labute approximate surface area is 95.5 Å². The number of nitrogens with zero attached hydrogens (tertiary/aromatic N) is 2. The summed E-state index contributed by atoms with van der Waals surface area (Å²) < 4.78 is 0. The molecule has 1 fully saturated rings. The first-order chi connectivity index (χ1) is 7.22. The van der Waals surface area contributed by atoms with Crippen molar-refractivity contribution in [2.45, 2.75) is 39.3 Å². The van der Waals surface area contributed by atoms with Gasteiger partial charge in [0.2, 0.25) is 0 Å². The van der Waals surface area contributed by atoms with Crippen LogP contribution in [0, 0.1) is 6.92 Å². The lowest BCUT2D eigenvalue weighted by molar-refractivity contribution is 0.731. The highest BCUT2D eigenvalue weighted by atomic mass is 32.1. The van der Waals surface area contributed by atoms with E-state index in [0.717, 1.165) is 19.1 Å². The number of hydrogen-bond donors (Lipinski definition) is 1. The van der Waals surface area contributed by atoms with Gasteiger partial charge >= 0.3 is 0 Å². The molecule has 4 heteroatoms. The maximum atomic E-state index is 4.63. The molecule has 0 amide bonds. The molecule has 0 unspecified atom stereocenters. The lowest BCUT2D eigenvalue weighted by Crippen LogP contribution is -2.18. The van der Waals surface area contributed by atoms with Crippen molar-refractivity contribution in [3.05, 3.63) is 10.6 Å². The molecule has 0 aromatic carbocycles. The van der Waals surface area contributed by atoms with Crippen LogP contribution in [-0.2, 0) is 6.54 Å². The lowest BCUT2D eigenvalue weighted by Gasteiger charge is -2.13. The molecule has 3 nitrogen and oxygen atoms in total. The normalized spacial score (nSPS) is 15.7. The maximum absolute atomic E-state index is 4.63. The van der Waals surface area contributed by atoms with Crippen LogP contribution >= 0.6 is 11.3 Å². The second-order valence-electron chi connectivity index (χ2n) is 4.13. The summed E-state index contributed by atoms with van der Waals surface area (Å²) in [6, 6.07) is 0.752. The van der Waals surface area contributed by atoms with Gasteiger partial charge in [-0.05, 0) is 26.3 Å². The minimum Gasteiger partial charge on any atom is -0.348 e. The van der Waals surface area contributed by atoms with E-state index in [4.69, 9.17) is 0 Å².